The number of nitrogens with zero attached hydrogens (tertiary/aromatic N) is 2. The third-order valence-electron chi connectivity index (χ3n) is 4.05. The molecule has 0 aliphatic heterocycles. The van der Waals surface area contributed by atoms with E-state index in [9.17, 15) is 23.3 Å². The normalized spacial score (nSPS) is 11.0. The quantitative estimate of drug-likeness (QED) is 0.395. The second-order valence-corrected chi connectivity index (χ2v) is 8.18. The van der Waals surface area contributed by atoms with Crippen molar-refractivity contribution in [1.82, 2.24) is 5.16 Å². The number of benzene rings is 2. The maximum atomic E-state index is 12.4. The van der Waals surface area contributed by atoms with Crippen molar-refractivity contribution in [2.75, 3.05) is 16.6 Å². The first-order valence-electron chi connectivity index (χ1n) is 8.88. The number of amides is 1. The number of nitro groups is 1. The van der Waals surface area contributed by atoms with E-state index in [0.29, 0.717) is 22.8 Å². The number of hydrogen-bond acceptors (Lipinski definition) is 8. The number of rotatable bonds is 8. The number of aryl methyl sites for hydroxylation is 2. The van der Waals surface area contributed by atoms with Crippen LogP contribution >= 0.6 is 0 Å². The molecule has 0 saturated carbocycles. The summed E-state index contributed by atoms with van der Waals surface area (Å²) in [4.78, 5) is 22.4. The first-order valence-corrected chi connectivity index (χ1v) is 10.4. The highest BCUT2D eigenvalue weighted by atomic mass is 32.2. The first-order chi connectivity index (χ1) is 14.6. The van der Waals surface area contributed by atoms with E-state index in [1.807, 2.05) is 0 Å². The molecule has 2 N–H and O–H groups in total. The highest BCUT2D eigenvalue weighted by Gasteiger charge is 2.16. The Morgan fingerprint density at radius 2 is 1.87 bits per heavy atom. The lowest BCUT2D eigenvalue weighted by molar-refractivity contribution is -0.385. The highest BCUT2D eigenvalue weighted by molar-refractivity contribution is 7.92. The van der Waals surface area contributed by atoms with E-state index in [1.54, 1.807) is 13.8 Å². The number of sulfonamides is 1. The largest absolute Gasteiger partial charge is 0.484 e. The average Bonchev–Trinajstić information content (AvgIpc) is 3.10. The van der Waals surface area contributed by atoms with E-state index in [0.717, 1.165) is 0 Å². The van der Waals surface area contributed by atoms with E-state index in [2.05, 4.69) is 15.2 Å². The zero-order chi connectivity index (χ0) is 22.6. The van der Waals surface area contributed by atoms with Crippen molar-refractivity contribution in [2.45, 2.75) is 18.7 Å². The molecule has 0 saturated heterocycles. The van der Waals surface area contributed by atoms with Gasteiger partial charge in [-0.15, -0.1) is 0 Å². The molecule has 12 heteroatoms. The Hall–Kier alpha value is -3.93. The van der Waals surface area contributed by atoms with Crippen molar-refractivity contribution in [1.29, 1.82) is 0 Å². The smallest absolute Gasteiger partial charge is 0.272 e. The molecule has 1 heterocycles. The minimum absolute atomic E-state index is 0.0243. The number of nitro benzene ring substituents is 1. The standard InChI is InChI=1S/C19H18N4O7S/c1-12-9-15(5-8-17(12)23(25)26)29-11-19(24)20-14-3-6-16(7-4-14)31(27,28)22-18-10-13(2)30-21-18/h3-10H,11H2,1-2H3,(H,20,24)(H,21,22). The number of nitrogens with one attached hydrogen (secondary N) is 2. The van der Waals surface area contributed by atoms with Gasteiger partial charge >= 0.3 is 0 Å². The van der Waals surface area contributed by atoms with Crippen LogP contribution in [0.3, 0.4) is 0 Å². The van der Waals surface area contributed by atoms with Gasteiger partial charge in [0.05, 0.1) is 9.82 Å². The van der Waals surface area contributed by atoms with Crippen molar-refractivity contribution < 1.29 is 27.4 Å². The van der Waals surface area contributed by atoms with Gasteiger partial charge in [0.25, 0.3) is 21.6 Å². The molecule has 11 nitrogen and oxygen atoms in total. The third kappa shape index (κ3) is 5.57. The molecule has 0 spiro atoms. The summed E-state index contributed by atoms with van der Waals surface area (Å²) in [5, 5.41) is 17.0. The van der Waals surface area contributed by atoms with E-state index in [1.165, 1.54) is 48.5 Å². The molecule has 0 aliphatic carbocycles. The van der Waals surface area contributed by atoms with Gasteiger partial charge in [-0.25, -0.2) is 8.42 Å². The Kier molecular flexibility index (Phi) is 6.20. The number of ether oxygens (including phenoxy) is 1. The summed E-state index contributed by atoms with van der Waals surface area (Å²) < 4.78 is 37.2. The topological polar surface area (TPSA) is 154 Å². The van der Waals surface area contributed by atoms with Gasteiger partial charge in [-0.1, -0.05) is 5.16 Å². The molecule has 0 radical (unpaired) electrons. The lowest BCUT2D eigenvalue weighted by atomic mass is 10.2. The molecule has 3 aromatic rings. The minimum atomic E-state index is -3.86. The molecule has 31 heavy (non-hydrogen) atoms. The SMILES string of the molecule is Cc1cc(NS(=O)(=O)c2ccc(NC(=O)COc3ccc([N+](=O)[O-])c(C)c3)cc2)no1. The molecule has 0 atom stereocenters. The molecule has 2 aromatic carbocycles. The summed E-state index contributed by atoms with van der Waals surface area (Å²) in [7, 11) is -3.86. The van der Waals surface area contributed by atoms with Gasteiger partial charge in [0, 0.05) is 23.4 Å². The predicted octanol–water partition coefficient (Wildman–Crippen LogP) is 3.02. The van der Waals surface area contributed by atoms with Crippen LogP contribution in [0.1, 0.15) is 11.3 Å². The van der Waals surface area contributed by atoms with Crippen LogP contribution in [0.25, 0.3) is 0 Å². The Bertz CT molecular complexity index is 1220. The number of carbonyl (C=O) groups excluding carboxylic acids is 1. The fourth-order valence-corrected chi connectivity index (χ4v) is 3.58. The Labute approximate surface area is 177 Å². The van der Waals surface area contributed by atoms with E-state index < -0.39 is 20.9 Å². The van der Waals surface area contributed by atoms with Crippen LogP contribution in [0.5, 0.6) is 5.75 Å². The molecule has 0 bridgehead atoms. The van der Waals surface area contributed by atoms with E-state index >= 15 is 0 Å². The fraction of sp³-hybridized carbons (Fsp3) is 0.158. The first kappa shape index (κ1) is 21.8. The van der Waals surface area contributed by atoms with Gasteiger partial charge in [-0.2, -0.15) is 0 Å². The average molecular weight is 446 g/mol. The molecule has 0 aliphatic rings. The van der Waals surface area contributed by atoms with Crippen LogP contribution in [-0.4, -0.2) is 31.0 Å². The van der Waals surface area contributed by atoms with Gasteiger partial charge in [0.1, 0.15) is 11.5 Å². The van der Waals surface area contributed by atoms with Crippen LogP contribution in [-0.2, 0) is 14.8 Å². The number of anilines is 2. The fourth-order valence-electron chi connectivity index (χ4n) is 2.60. The molecule has 1 aromatic heterocycles. The van der Waals surface area contributed by atoms with E-state index in [-0.39, 0.29) is 23.0 Å². The van der Waals surface area contributed by atoms with Crippen LogP contribution in [0.2, 0.25) is 0 Å². The Balaban J connectivity index is 1.57. The zero-order valence-corrected chi connectivity index (χ0v) is 17.3. The van der Waals surface area contributed by atoms with Crippen molar-refractivity contribution in [3.05, 3.63) is 70.0 Å². The van der Waals surface area contributed by atoms with Gasteiger partial charge in [0.15, 0.2) is 12.4 Å². The van der Waals surface area contributed by atoms with Crippen LogP contribution in [0, 0.1) is 24.0 Å². The van der Waals surface area contributed by atoms with Crippen LogP contribution in [0.4, 0.5) is 17.2 Å². The third-order valence-corrected chi connectivity index (χ3v) is 5.42. The van der Waals surface area contributed by atoms with Crippen molar-refractivity contribution in [3.8, 4) is 5.75 Å². The monoisotopic (exact) mass is 446 g/mol. The molecule has 1 amide bonds. The van der Waals surface area contributed by atoms with Gasteiger partial charge < -0.3 is 14.6 Å². The summed E-state index contributed by atoms with van der Waals surface area (Å²) in [6.45, 7) is 2.87. The molecule has 0 unspecified atom stereocenters. The van der Waals surface area contributed by atoms with Gasteiger partial charge in [-0.3, -0.25) is 19.6 Å². The molecule has 0 fully saturated rings. The second-order valence-electron chi connectivity index (χ2n) is 6.49. The lowest BCUT2D eigenvalue weighted by Crippen LogP contribution is -2.20. The zero-order valence-electron chi connectivity index (χ0n) is 16.5. The predicted molar refractivity (Wildman–Crippen MR) is 110 cm³/mol. The summed E-state index contributed by atoms with van der Waals surface area (Å²) in [5.41, 5.74) is 0.735. The van der Waals surface area contributed by atoms with Crippen LogP contribution in [0.15, 0.2) is 57.9 Å². The summed E-state index contributed by atoms with van der Waals surface area (Å²) >= 11 is 0. The summed E-state index contributed by atoms with van der Waals surface area (Å²) in [6, 6.07) is 11.1. The lowest BCUT2D eigenvalue weighted by Gasteiger charge is -2.09. The van der Waals surface area contributed by atoms with Crippen molar-refractivity contribution in [3.63, 3.8) is 0 Å². The summed E-state index contributed by atoms with van der Waals surface area (Å²) in [5.74, 6) is 0.354. The van der Waals surface area contributed by atoms with Crippen LogP contribution < -0.4 is 14.8 Å². The highest BCUT2D eigenvalue weighted by Crippen LogP contribution is 2.23. The van der Waals surface area contributed by atoms with Crippen molar-refractivity contribution in [2.24, 2.45) is 0 Å². The van der Waals surface area contributed by atoms with Gasteiger partial charge in [0.2, 0.25) is 0 Å². The van der Waals surface area contributed by atoms with Crippen molar-refractivity contribution >= 4 is 33.1 Å². The minimum Gasteiger partial charge on any atom is -0.484 e. The van der Waals surface area contributed by atoms with Gasteiger partial charge in [-0.05, 0) is 50.2 Å². The molecular formula is C19H18N4O7S. The number of hydrogen-bond donors (Lipinski definition) is 2. The number of aromatic nitrogens is 1. The molecular weight excluding hydrogens is 428 g/mol. The summed E-state index contributed by atoms with van der Waals surface area (Å²) in [6.07, 6.45) is 0. The second kappa shape index (κ2) is 8.83. The van der Waals surface area contributed by atoms with E-state index in [4.69, 9.17) is 9.26 Å². The Morgan fingerprint density at radius 1 is 1.16 bits per heavy atom. The molecule has 3 rings (SSSR count). The number of carbonyl (C=O) groups is 1. The Morgan fingerprint density at radius 3 is 2.45 bits per heavy atom. The maximum Gasteiger partial charge on any atom is 0.272 e. The maximum absolute atomic E-state index is 12.4. The molecule has 162 valence electrons.